The van der Waals surface area contributed by atoms with E-state index in [-0.39, 0.29) is 5.91 Å². The van der Waals surface area contributed by atoms with Crippen molar-refractivity contribution in [3.63, 3.8) is 0 Å². The fourth-order valence-corrected chi connectivity index (χ4v) is 2.63. The molecular formula is C14H14BrN3OS. The van der Waals surface area contributed by atoms with Crippen molar-refractivity contribution in [2.75, 3.05) is 12.3 Å². The molecule has 1 aromatic heterocycles. The minimum Gasteiger partial charge on any atom is -0.352 e. The van der Waals surface area contributed by atoms with Gasteiger partial charge in [0, 0.05) is 29.1 Å². The summed E-state index contributed by atoms with van der Waals surface area (Å²) in [4.78, 5) is 15.8. The highest BCUT2D eigenvalue weighted by Crippen LogP contribution is 2.21. The van der Waals surface area contributed by atoms with Gasteiger partial charge in [-0.15, -0.1) is 6.58 Å². The van der Waals surface area contributed by atoms with E-state index >= 15 is 0 Å². The van der Waals surface area contributed by atoms with Crippen LogP contribution < -0.4 is 5.32 Å². The van der Waals surface area contributed by atoms with Crippen molar-refractivity contribution in [2.24, 2.45) is 0 Å². The zero-order valence-corrected chi connectivity index (χ0v) is 13.2. The van der Waals surface area contributed by atoms with Gasteiger partial charge in [-0.05, 0) is 24.3 Å². The highest BCUT2D eigenvalue weighted by molar-refractivity contribution is 9.10. The van der Waals surface area contributed by atoms with Gasteiger partial charge in [0.05, 0.1) is 5.75 Å². The highest BCUT2D eigenvalue weighted by Gasteiger charge is 2.08. The number of amides is 1. The molecule has 1 aromatic carbocycles. The van der Waals surface area contributed by atoms with Gasteiger partial charge in [-0.25, -0.2) is 4.98 Å². The van der Waals surface area contributed by atoms with Gasteiger partial charge in [0.25, 0.3) is 0 Å². The van der Waals surface area contributed by atoms with Crippen LogP contribution in [0.4, 0.5) is 0 Å². The molecule has 0 fully saturated rings. The van der Waals surface area contributed by atoms with E-state index in [1.807, 2.05) is 35.0 Å². The Morgan fingerprint density at radius 2 is 2.20 bits per heavy atom. The number of thioether (sulfide) groups is 1. The zero-order valence-electron chi connectivity index (χ0n) is 10.8. The average Bonchev–Trinajstić information content (AvgIpc) is 2.92. The van der Waals surface area contributed by atoms with Crippen molar-refractivity contribution in [3.8, 4) is 5.69 Å². The van der Waals surface area contributed by atoms with Crippen LogP contribution in [0.2, 0.25) is 0 Å². The number of halogens is 1. The molecule has 2 aromatic rings. The largest absolute Gasteiger partial charge is 0.352 e. The molecular weight excluding hydrogens is 338 g/mol. The minimum atomic E-state index is -0.0275. The Bertz CT molecular complexity index is 595. The van der Waals surface area contributed by atoms with E-state index in [0.29, 0.717) is 12.3 Å². The van der Waals surface area contributed by atoms with Crippen molar-refractivity contribution < 1.29 is 4.79 Å². The molecule has 0 bridgehead atoms. The molecule has 1 heterocycles. The molecule has 0 aliphatic rings. The summed E-state index contributed by atoms with van der Waals surface area (Å²) in [5, 5.41) is 3.53. The molecule has 1 N–H and O–H groups in total. The van der Waals surface area contributed by atoms with E-state index in [1.54, 1.807) is 12.3 Å². The molecule has 0 unspecified atom stereocenters. The number of nitrogens with zero attached hydrogens (tertiary/aromatic N) is 2. The maximum absolute atomic E-state index is 11.6. The minimum absolute atomic E-state index is 0.0275. The van der Waals surface area contributed by atoms with Gasteiger partial charge in [-0.1, -0.05) is 33.8 Å². The lowest BCUT2D eigenvalue weighted by molar-refractivity contribution is -0.118. The van der Waals surface area contributed by atoms with Crippen LogP contribution in [-0.4, -0.2) is 27.8 Å². The van der Waals surface area contributed by atoms with Crippen molar-refractivity contribution in [1.82, 2.24) is 14.9 Å². The number of nitrogens with one attached hydrogen (secondary N) is 1. The fourth-order valence-electron chi connectivity index (χ4n) is 1.56. The molecule has 20 heavy (non-hydrogen) atoms. The van der Waals surface area contributed by atoms with Crippen molar-refractivity contribution in [2.45, 2.75) is 5.16 Å². The molecule has 0 saturated carbocycles. The third-order valence-electron chi connectivity index (χ3n) is 2.49. The van der Waals surface area contributed by atoms with Crippen molar-refractivity contribution in [1.29, 1.82) is 0 Å². The first-order valence-corrected chi connectivity index (χ1v) is 7.78. The smallest absolute Gasteiger partial charge is 0.230 e. The van der Waals surface area contributed by atoms with Crippen molar-refractivity contribution >= 4 is 33.6 Å². The van der Waals surface area contributed by atoms with Crippen LogP contribution in [0.5, 0.6) is 0 Å². The number of imidazole rings is 1. The molecule has 2 rings (SSSR count). The standard InChI is InChI=1S/C14H14BrN3OS/c1-2-7-16-13(19)10-20-14-17-8-9-18(14)12-5-3-11(15)4-6-12/h2-6,8-9H,1,7,10H2,(H,16,19). The number of benzene rings is 1. The summed E-state index contributed by atoms with van der Waals surface area (Å²) >= 11 is 4.82. The predicted molar refractivity (Wildman–Crippen MR) is 85.2 cm³/mol. The SMILES string of the molecule is C=CCNC(=O)CSc1nccn1-c1ccc(Br)cc1. The Hall–Kier alpha value is -1.53. The molecule has 0 atom stereocenters. The van der Waals surface area contributed by atoms with Crippen LogP contribution in [-0.2, 0) is 4.79 Å². The molecule has 0 saturated heterocycles. The Morgan fingerprint density at radius 1 is 1.45 bits per heavy atom. The Balaban J connectivity index is 2.03. The van der Waals surface area contributed by atoms with E-state index in [2.05, 4.69) is 32.8 Å². The van der Waals surface area contributed by atoms with Crippen LogP contribution >= 0.6 is 27.7 Å². The van der Waals surface area contributed by atoms with Gasteiger partial charge in [0.1, 0.15) is 0 Å². The number of carbonyl (C=O) groups is 1. The van der Waals surface area contributed by atoms with E-state index in [4.69, 9.17) is 0 Å². The Kier molecular flexibility index (Phi) is 5.43. The topological polar surface area (TPSA) is 46.9 Å². The third kappa shape index (κ3) is 3.98. The summed E-state index contributed by atoms with van der Waals surface area (Å²) in [6.45, 7) is 4.05. The highest BCUT2D eigenvalue weighted by atomic mass is 79.9. The van der Waals surface area contributed by atoms with E-state index < -0.39 is 0 Å². The number of hydrogen-bond donors (Lipinski definition) is 1. The summed E-state index contributed by atoms with van der Waals surface area (Å²) in [6, 6.07) is 7.93. The van der Waals surface area contributed by atoms with Gasteiger partial charge in [0.15, 0.2) is 5.16 Å². The summed E-state index contributed by atoms with van der Waals surface area (Å²) in [5.41, 5.74) is 1.01. The lowest BCUT2D eigenvalue weighted by atomic mass is 10.3. The first kappa shape index (κ1) is 14.9. The van der Waals surface area contributed by atoms with Gasteiger partial charge in [0.2, 0.25) is 5.91 Å². The quantitative estimate of drug-likeness (QED) is 0.642. The van der Waals surface area contributed by atoms with Gasteiger partial charge >= 0.3 is 0 Å². The van der Waals surface area contributed by atoms with Crippen LogP contribution in [0.1, 0.15) is 0 Å². The summed E-state index contributed by atoms with van der Waals surface area (Å²) in [5.74, 6) is 0.307. The second-order valence-corrected chi connectivity index (χ2v) is 5.80. The Morgan fingerprint density at radius 3 is 2.90 bits per heavy atom. The molecule has 4 nitrogen and oxygen atoms in total. The summed E-state index contributed by atoms with van der Waals surface area (Å²) in [6.07, 6.45) is 5.27. The number of aromatic nitrogens is 2. The monoisotopic (exact) mass is 351 g/mol. The van der Waals surface area contributed by atoms with Gasteiger partial charge < -0.3 is 5.32 Å². The fraction of sp³-hybridized carbons (Fsp3) is 0.143. The zero-order chi connectivity index (χ0) is 14.4. The summed E-state index contributed by atoms with van der Waals surface area (Å²) < 4.78 is 2.98. The average molecular weight is 352 g/mol. The second-order valence-electron chi connectivity index (χ2n) is 3.94. The van der Waals surface area contributed by atoms with E-state index in [1.165, 1.54) is 11.8 Å². The van der Waals surface area contributed by atoms with E-state index in [9.17, 15) is 4.79 Å². The first-order chi connectivity index (χ1) is 9.70. The van der Waals surface area contributed by atoms with E-state index in [0.717, 1.165) is 15.3 Å². The molecule has 1 amide bonds. The number of rotatable bonds is 6. The molecule has 104 valence electrons. The van der Waals surface area contributed by atoms with Crippen LogP contribution in [0.15, 0.2) is 58.9 Å². The normalized spacial score (nSPS) is 10.2. The van der Waals surface area contributed by atoms with Crippen LogP contribution in [0.25, 0.3) is 5.69 Å². The van der Waals surface area contributed by atoms with Crippen LogP contribution in [0.3, 0.4) is 0 Å². The molecule has 0 spiro atoms. The number of hydrogen-bond acceptors (Lipinski definition) is 3. The maximum Gasteiger partial charge on any atom is 0.230 e. The lowest BCUT2D eigenvalue weighted by Gasteiger charge is -2.07. The maximum atomic E-state index is 11.6. The van der Waals surface area contributed by atoms with Gasteiger partial charge in [-0.3, -0.25) is 9.36 Å². The summed E-state index contributed by atoms with van der Waals surface area (Å²) in [7, 11) is 0. The molecule has 0 radical (unpaired) electrons. The van der Waals surface area contributed by atoms with Crippen LogP contribution in [0, 0.1) is 0 Å². The lowest BCUT2D eigenvalue weighted by Crippen LogP contribution is -2.25. The Labute approximate surface area is 130 Å². The molecule has 0 aliphatic carbocycles. The number of carbonyl (C=O) groups excluding carboxylic acids is 1. The first-order valence-electron chi connectivity index (χ1n) is 6.00. The molecule has 0 aliphatic heterocycles. The van der Waals surface area contributed by atoms with Crippen molar-refractivity contribution in [3.05, 3.63) is 53.8 Å². The predicted octanol–water partition coefficient (Wildman–Crippen LogP) is 3.03. The second kappa shape index (κ2) is 7.31. The molecule has 6 heteroatoms. The third-order valence-corrected chi connectivity index (χ3v) is 3.98. The van der Waals surface area contributed by atoms with Gasteiger partial charge in [-0.2, -0.15) is 0 Å².